The van der Waals surface area contributed by atoms with Crippen molar-refractivity contribution in [3.63, 3.8) is 0 Å². The first-order valence-electron chi connectivity index (χ1n) is 7.68. The van der Waals surface area contributed by atoms with Gasteiger partial charge in [0.05, 0.1) is 17.6 Å². The van der Waals surface area contributed by atoms with Crippen molar-refractivity contribution >= 4 is 11.7 Å². The smallest absolute Gasteiger partial charge is 0.338 e. The van der Waals surface area contributed by atoms with Crippen molar-refractivity contribution in [2.45, 2.75) is 6.61 Å². The molecular weight excluding hydrogens is 359 g/mol. The molecule has 0 saturated carbocycles. The Kier molecular flexibility index (Phi) is 5.11. The predicted molar refractivity (Wildman–Crippen MR) is 90.7 cm³/mol. The van der Waals surface area contributed by atoms with Gasteiger partial charge in [0.25, 0.3) is 0 Å². The lowest BCUT2D eigenvalue weighted by molar-refractivity contribution is -0.386. The van der Waals surface area contributed by atoms with E-state index in [1.807, 2.05) is 0 Å². The number of hydrogen-bond donors (Lipinski definition) is 0. The van der Waals surface area contributed by atoms with Crippen LogP contribution in [0, 0.1) is 15.9 Å². The first kappa shape index (κ1) is 18.1. The van der Waals surface area contributed by atoms with Crippen molar-refractivity contribution in [1.29, 1.82) is 0 Å². The summed E-state index contributed by atoms with van der Waals surface area (Å²) >= 11 is 0. The average molecular weight is 372 g/mol. The number of oxazole rings is 1. The molecule has 27 heavy (non-hydrogen) atoms. The number of esters is 1. The van der Waals surface area contributed by atoms with E-state index in [1.54, 1.807) is 0 Å². The number of rotatable bonds is 6. The lowest BCUT2D eigenvalue weighted by atomic mass is 10.2. The normalized spacial score (nSPS) is 10.4. The van der Waals surface area contributed by atoms with E-state index in [4.69, 9.17) is 9.15 Å². The number of benzene rings is 2. The predicted octanol–water partition coefficient (Wildman–Crippen LogP) is 3.75. The Morgan fingerprint density at radius 2 is 2.00 bits per heavy atom. The maximum atomic E-state index is 13.0. The third-order valence-electron chi connectivity index (χ3n) is 3.60. The largest absolute Gasteiger partial charge is 0.480 e. The molecule has 138 valence electrons. The summed E-state index contributed by atoms with van der Waals surface area (Å²) in [5.74, 6) is -0.829. The number of hydrogen-bond acceptors (Lipinski definition) is 7. The van der Waals surface area contributed by atoms with Gasteiger partial charge in [0, 0.05) is 11.6 Å². The summed E-state index contributed by atoms with van der Waals surface area (Å²) < 4.78 is 28.3. The van der Waals surface area contributed by atoms with E-state index in [-0.39, 0.29) is 35.3 Å². The molecule has 9 heteroatoms. The summed E-state index contributed by atoms with van der Waals surface area (Å²) in [7, 11) is 1.18. The number of nitro groups is 1. The summed E-state index contributed by atoms with van der Waals surface area (Å²) in [4.78, 5) is 26.3. The van der Waals surface area contributed by atoms with Gasteiger partial charge >= 0.3 is 11.7 Å². The minimum Gasteiger partial charge on any atom is -0.480 e. The fourth-order valence-electron chi connectivity index (χ4n) is 2.28. The molecule has 0 N–H and O–H groups in total. The second kappa shape index (κ2) is 7.65. The number of nitro benzene ring substituents is 1. The Bertz CT molecular complexity index is 984. The Labute approximate surface area is 152 Å². The average Bonchev–Trinajstić information content (AvgIpc) is 3.15. The molecule has 0 saturated heterocycles. The number of aromatic nitrogens is 1. The lowest BCUT2D eigenvalue weighted by Crippen LogP contribution is -2.04. The van der Waals surface area contributed by atoms with Crippen molar-refractivity contribution in [2.24, 2.45) is 0 Å². The van der Waals surface area contributed by atoms with Gasteiger partial charge < -0.3 is 13.9 Å². The van der Waals surface area contributed by atoms with Gasteiger partial charge in [-0.25, -0.2) is 14.2 Å². The Hall–Kier alpha value is -3.75. The molecule has 0 fully saturated rings. The topological polar surface area (TPSA) is 105 Å². The van der Waals surface area contributed by atoms with Crippen LogP contribution in [0.5, 0.6) is 5.75 Å². The molecule has 1 aromatic heterocycles. The summed E-state index contributed by atoms with van der Waals surface area (Å²) in [5.41, 5.74) is 0.633. The van der Waals surface area contributed by atoms with Crippen molar-refractivity contribution in [3.8, 4) is 17.2 Å². The van der Waals surface area contributed by atoms with Gasteiger partial charge in [-0.1, -0.05) is 0 Å². The van der Waals surface area contributed by atoms with Crippen molar-refractivity contribution in [2.75, 3.05) is 7.11 Å². The van der Waals surface area contributed by atoms with Crippen LogP contribution in [0.1, 0.15) is 16.1 Å². The van der Waals surface area contributed by atoms with Gasteiger partial charge in [0.1, 0.15) is 24.4 Å². The van der Waals surface area contributed by atoms with E-state index in [0.717, 1.165) is 6.07 Å². The van der Waals surface area contributed by atoms with E-state index < -0.39 is 10.9 Å². The van der Waals surface area contributed by atoms with Crippen LogP contribution in [0.4, 0.5) is 10.1 Å². The highest BCUT2D eigenvalue weighted by Crippen LogP contribution is 2.29. The molecule has 0 atom stereocenters. The van der Waals surface area contributed by atoms with Crippen LogP contribution in [0.2, 0.25) is 0 Å². The van der Waals surface area contributed by atoms with E-state index in [0.29, 0.717) is 11.3 Å². The molecule has 1 heterocycles. The van der Waals surface area contributed by atoms with Crippen LogP contribution in [-0.2, 0) is 11.3 Å². The van der Waals surface area contributed by atoms with Crippen LogP contribution >= 0.6 is 0 Å². The number of carbonyl (C=O) groups is 1. The van der Waals surface area contributed by atoms with E-state index in [9.17, 15) is 19.3 Å². The Morgan fingerprint density at radius 3 is 2.67 bits per heavy atom. The second-order valence-electron chi connectivity index (χ2n) is 5.37. The zero-order chi connectivity index (χ0) is 19.4. The standard InChI is InChI=1S/C18H13FN2O6/c1-25-18(22)12-4-7-16(15(8-12)21(23)24)26-9-14-10-27-17(20-14)11-2-5-13(19)6-3-11/h2-8,10H,9H2,1H3. The highest BCUT2D eigenvalue weighted by atomic mass is 19.1. The van der Waals surface area contributed by atoms with Gasteiger partial charge in [0.15, 0.2) is 5.75 Å². The maximum Gasteiger partial charge on any atom is 0.338 e. The molecule has 0 unspecified atom stereocenters. The van der Waals surface area contributed by atoms with Crippen molar-refractivity contribution in [1.82, 2.24) is 4.98 Å². The van der Waals surface area contributed by atoms with Gasteiger partial charge in [-0.05, 0) is 36.4 Å². The van der Waals surface area contributed by atoms with Crippen molar-refractivity contribution < 1.29 is 28.0 Å². The third-order valence-corrected chi connectivity index (χ3v) is 3.60. The molecule has 0 aliphatic heterocycles. The molecule has 3 aromatic rings. The summed E-state index contributed by atoms with van der Waals surface area (Å²) in [6.07, 6.45) is 1.34. The quantitative estimate of drug-likeness (QED) is 0.368. The molecule has 3 rings (SSSR count). The summed E-state index contributed by atoms with van der Waals surface area (Å²) in [6.45, 7) is -0.0941. The molecule has 8 nitrogen and oxygen atoms in total. The molecule has 0 radical (unpaired) electrons. The first-order valence-corrected chi connectivity index (χ1v) is 7.68. The lowest BCUT2D eigenvalue weighted by Gasteiger charge is -2.06. The molecule has 0 amide bonds. The minimum atomic E-state index is -0.690. The third kappa shape index (κ3) is 4.09. The molecule has 0 bridgehead atoms. The number of methoxy groups -OCH3 is 1. The van der Waals surface area contributed by atoms with Crippen LogP contribution in [-0.4, -0.2) is 23.0 Å². The summed E-state index contributed by atoms with van der Waals surface area (Å²) in [6, 6.07) is 9.34. The van der Waals surface area contributed by atoms with E-state index in [2.05, 4.69) is 9.72 Å². The highest BCUT2D eigenvalue weighted by Gasteiger charge is 2.19. The zero-order valence-corrected chi connectivity index (χ0v) is 14.0. The van der Waals surface area contributed by atoms with Gasteiger partial charge in [-0.15, -0.1) is 0 Å². The number of halogens is 1. The molecule has 0 spiro atoms. The monoisotopic (exact) mass is 372 g/mol. The zero-order valence-electron chi connectivity index (χ0n) is 14.0. The minimum absolute atomic E-state index is 0.0287. The highest BCUT2D eigenvalue weighted by molar-refractivity contribution is 5.90. The van der Waals surface area contributed by atoms with Gasteiger partial charge in [0.2, 0.25) is 5.89 Å². The van der Waals surface area contributed by atoms with Crippen LogP contribution in [0.25, 0.3) is 11.5 Å². The SMILES string of the molecule is COC(=O)c1ccc(OCc2coc(-c3ccc(F)cc3)n2)c([N+](=O)[O-])c1. The van der Waals surface area contributed by atoms with Crippen LogP contribution in [0.3, 0.4) is 0 Å². The van der Waals surface area contributed by atoms with Crippen molar-refractivity contribution in [3.05, 3.63) is 75.9 Å². The number of carbonyl (C=O) groups excluding carboxylic acids is 1. The maximum absolute atomic E-state index is 13.0. The van der Waals surface area contributed by atoms with Crippen LogP contribution in [0.15, 0.2) is 53.1 Å². The fraction of sp³-hybridized carbons (Fsp3) is 0.111. The molecule has 0 aliphatic rings. The number of nitrogens with zero attached hydrogens (tertiary/aromatic N) is 2. The fourth-order valence-corrected chi connectivity index (χ4v) is 2.28. The first-order chi connectivity index (χ1) is 13.0. The number of ether oxygens (including phenoxy) is 2. The molecule has 0 aliphatic carbocycles. The summed E-state index contributed by atoms with van der Waals surface area (Å²) in [5, 5.41) is 11.2. The van der Waals surface area contributed by atoms with E-state index in [1.165, 1.54) is 49.8 Å². The Balaban J connectivity index is 1.76. The van der Waals surface area contributed by atoms with Gasteiger partial charge in [-0.2, -0.15) is 0 Å². The molecule has 2 aromatic carbocycles. The van der Waals surface area contributed by atoms with E-state index >= 15 is 0 Å². The Morgan fingerprint density at radius 1 is 1.26 bits per heavy atom. The second-order valence-corrected chi connectivity index (χ2v) is 5.37. The molecular formula is C18H13FN2O6. The van der Waals surface area contributed by atoms with Gasteiger partial charge in [-0.3, -0.25) is 10.1 Å². The van der Waals surface area contributed by atoms with Crippen LogP contribution < -0.4 is 4.74 Å².